The van der Waals surface area contributed by atoms with Crippen LogP contribution in [0.3, 0.4) is 0 Å². The lowest BCUT2D eigenvalue weighted by Gasteiger charge is -2.14. The quantitative estimate of drug-likeness (QED) is 0.677. The summed E-state index contributed by atoms with van der Waals surface area (Å²) in [5.41, 5.74) is 2.55. The Kier molecular flexibility index (Phi) is 5.40. The molecule has 0 atom stereocenters. The van der Waals surface area contributed by atoms with Crippen molar-refractivity contribution in [1.29, 1.82) is 0 Å². The van der Waals surface area contributed by atoms with Crippen molar-refractivity contribution < 1.29 is 0 Å². The summed E-state index contributed by atoms with van der Waals surface area (Å²) >= 11 is 0. The van der Waals surface area contributed by atoms with Crippen molar-refractivity contribution in [2.75, 3.05) is 6.54 Å². The predicted molar refractivity (Wildman–Crippen MR) is 64.0 cm³/mol. The maximum Gasteiger partial charge on any atom is 0.0522 e. The molecule has 0 bridgehead atoms. The molecule has 1 heterocycles. The van der Waals surface area contributed by atoms with E-state index in [0.717, 1.165) is 13.0 Å². The van der Waals surface area contributed by atoms with Crippen LogP contribution in [0, 0.1) is 6.92 Å². The van der Waals surface area contributed by atoms with Gasteiger partial charge in [-0.25, -0.2) is 0 Å². The number of rotatable bonds is 7. The van der Waals surface area contributed by atoms with Crippen LogP contribution in [-0.4, -0.2) is 22.8 Å². The minimum absolute atomic E-state index is 0.690. The van der Waals surface area contributed by atoms with Crippen LogP contribution >= 0.6 is 0 Å². The van der Waals surface area contributed by atoms with Gasteiger partial charge in [-0.05, 0) is 44.7 Å². The van der Waals surface area contributed by atoms with Crippen LogP contribution in [0.5, 0.6) is 0 Å². The molecular formula is C12H23N3. The van der Waals surface area contributed by atoms with Gasteiger partial charge in [0.15, 0.2) is 0 Å². The van der Waals surface area contributed by atoms with Gasteiger partial charge in [0.05, 0.1) is 6.20 Å². The second kappa shape index (κ2) is 6.62. The topological polar surface area (TPSA) is 40.7 Å². The summed E-state index contributed by atoms with van der Waals surface area (Å²) in [6.45, 7) is 7.66. The molecule has 0 amide bonds. The van der Waals surface area contributed by atoms with E-state index >= 15 is 0 Å². The second-order valence-corrected chi connectivity index (χ2v) is 4.09. The van der Waals surface area contributed by atoms with E-state index in [-0.39, 0.29) is 0 Å². The van der Waals surface area contributed by atoms with E-state index in [1.807, 2.05) is 6.20 Å². The molecule has 2 N–H and O–H groups in total. The largest absolute Gasteiger partial charge is 0.314 e. The summed E-state index contributed by atoms with van der Waals surface area (Å²) in [6, 6.07) is 0.690. The van der Waals surface area contributed by atoms with E-state index in [2.05, 4.69) is 36.3 Å². The fraction of sp³-hybridized carbons (Fsp3) is 0.750. The molecule has 0 aliphatic rings. The Bertz CT molecular complexity index is 264. The molecule has 3 nitrogen and oxygen atoms in total. The molecular weight excluding hydrogens is 186 g/mol. The van der Waals surface area contributed by atoms with E-state index < -0.39 is 0 Å². The first kappa shape index (κ1) is 12.2. The zero-order chi connectivity index (χ0) is 11.1. The molecule has 0 fully saturated rings. The van der Waals surface area contributed by atoms with Gasteiger partial charge >= 0.3 is 0 Å². The summed E-state index contributed by atoms with van der Waals surface area (Å²) in [5.74, 6) is 0. The van der Waals surface area contributed by atoms with E-state index in [9.17, 15) is 0 Å². The van der Waals surface area contributed by atoms with Crippen molar-refractivity contribution in [3.8, 4) is 0 Å². The third kappa shape index (κ3) is 4.04. The minimum atomic E-state index is 0.690. The summed E-state index contributed by atoms with van der Waals surface area (Å²) in [7, 11) is 0. The molecule has 1 rings (SSSR count). The summed E-state index contributed by atoms with van der Waals surface area (Å²) in [4.78, 5) is 0. The third-order valence-corrected chi connectivity index (χ3v) is 2.98. The average Bonchev–Trinajstić information content (AvgIpc) is 2.65. The van der Waals surface area contributed by atoms with Crippen molar-refractivity contribution in [3.63, 3.8) is 0 Å². The molecule has 86 valence electrons. The van der Waals surface area contributed by atoms with Crippen LogP contribution in [0.2, 0.25) is 0 Å². The number of aromatic nitrogens is 2. The van der Waals surface area contributed by atoms with Crippen LogP contribution in [0.15, 0.2) is 6.20 Å². The van der Waals surface area contributed by atoms with Crippen LogP contribution in [-0.2, 0) is 6.42 Å². The molecule has 0 aliphatic carbocycles. The van der Waals surface area contributed by atoms with Crippen LogP contribution in [0.1, 0.15) is 44.4 Å². The normalized spacial score (nSPS) is 11.2. The highest BCUT2D eigenvalue weighted by molar-refractivity contribution is 5.14. The van der Waals surface area contributed by atoms with E-state index in [1.165, 1.54) is 30.5 Å². The molecule has 1 aromatic heterocycles. The van der Waals surface area contributed by atoms with Crippen molar-refractivity contribution in [2.45, 2.75) is 52.5 Å². The van der Waals surface area contributed by atoms with Crippen molar-refractivity contribution in [1.82, 2.24) is 15.5 Å². The highest BCUT2D eigenvalue weighted by Gasteiger charge is 2.02. The molecule has 15 heavy (non-hydrogen) atoms. The van der Waals surface area contributed by atoms with Gasteiger partial charge in [0.1, 0.15) is 0 Å². The average molecular weight is 209 g/mol. The molecule has 3 heteroatoms. The number of H-pyrrole nitrogens is 1. The van der Waals surface area contributed by atoms with E-state index in [0.29, 0.717) is 6.04 Å². The molecule has 0 spiro atoms. The second-order valence-electron chi connectivity index (χ2n) is 4.09. The zero-order valence-corrected chi connectivity index (χ0v) is 10.1. The van der Waals surface area contributed by atoms with Gasteiger partial charge in [0.2, 0.25) is 0 Å². The summed E-state index contributed by atoms with van der Waals surface area (Å²) < 4.78 is 0. The maximum absolute atomic E-state index is 4.02. The van der Waals surface area contributed by atoms with Crippen molar-refractivity contribution in [3.05, 3.63) is 17.5 Å². The van der Waals surface area contributed by atoms with Crippen molar-refractivity contribution in [2.24, 2.45) is 0 Å². The fourth-order valence-electron chi connectivity index (χ4n) is 1.79. The number of aromatic amines is 1. The number of hydrogen-bond donors (Lipinski definition) is 2. The SMILES string of the molecule is CCC(CC)NCCCc1cn[nH]c1C. The van der Waals surface area contributed by atoms with Gasteiger partial charge in [-0.15, -0.1) is 0 Å². The van der Waals surface area contributed by atoms with Crippen LogP contribution < -0.4 is 5.32 Å². The first-order valence-corrected chi connectivity index (χ1v) is 6.00. The van der Waals surface area contributed by atoms with Gasteiger partial charge in [0, 0.05) is 11.7 Å². The first-order chi connectivity index (χ1) is 7.27. The van der Waals surface area contributed by atoms with Gasteiger partial charge in [-0.1, -0.05) is 13.8 Å². The Labute approximate surface area is 92.7 Å². The smallest absolute Gasteiger partial charge is 0.0522 e. The molecule has 0 unspecified atom stereocenters. The Morgan fingerprint density at radius 1 is 1.40 bits per heavy atom. The number of hydrogen-bond acceptors (Lipinski definition) is 2. The lowest BCUT2D eigenvalue weighted by Crippen LogP contribution is -2.28. The number of nitrogens with one attached hydrogen (secondary N) is 2. The summed E-state index contributed by atoms with van der Waals surface area (Å²) in [6.07, 6.45) is 6.70. The molecule has 1 aromatic rings. The van der Waals surface area contributed by atoms with Gasteiger partial charge in [-0.3, -0.25) is 5.10 Å². The predicted octanol–water partition coefficient (Wildman–Crippen LogP) is 2.43. The maximum atomic E-state index is 4.02. The highest BCUT2D eigenvalue weighted by atomic mass is 15.1. The lowest BCUT2D eigenvalue weighted by molar-refractivity contribution is 0.479. The van der Waals surface area contributed by atoms with Gasteiger partial charge < -0.3 is 5.32 Å². The van der Waals surface area contributed by atoms with Gasteiger partial charge in [-0.2, -0.15) is 5.10 Å². The van der Waals surface area contributed by atoms with Crippen LogP contribution in [0.4, 0.5) is 0 Å². The molecule has 0 aromatic carbocycles. The Balaban J connectivity index is 2.14. The highest BCUT2D eigenvalue weighted by Crippen LogP contribution is 2.05. The molecule has 0 aliphatic heterocycles. The minimum Gasteiger partial charge on any atom is -0.314 e. The number of nitrogens with zero attached hydrogens (tertiary/aromatic N) is 1. The Morgan fingerprint density at radius 3 is 2.67 bits per heavy atom. The van der Waals surface area contributed by atoms with Crippen LogP contribution in [0.25, 0.3) is 0 Å². The van der Waals surface area contributed by atoms with E-state index in [1.54, 1.807) is 0 Å². The fourth-order valence-corrected chi connectivity index (χ4v) is 1.79. The molecule has 0 radical (unpaired) electrons. The Hall–Kier alpha value is -0.830. The number of aryl methyl sites for hydroxylation is 2. The van der Waals surface area contributed by atoms with Gasteiger partial charge in [0.25, 0.3) is 0 Å². The monoisotopic (exact) mass is 209 g/mol. The third-order valence-electron chi connectivity index (χ3n) is 2.98. The lowest BCUT2D eigenvalue weighted by atomic mass is 10.1. The summed E-state index contributed by atoms with van der Waals surface area (Å²) in [5, 5.41) is 10.6. The Morgan fingerprint density at radius 2 is 2.13 bits per heavy atom. The molecule has 0 saturated carbocycles. The van der Waals surface area contributed by atoms with Crippen molar-refractivity contribution >= 4 is 0 Å². The first-order valence-electron chi connectivity index (χ1n) is 6.00. The molecule has 0 saturated heterocycles. The standard InChI is InChI=1S/C12H23N3/c1-4-12(5-2)13-8-6-7-11-9-14-15-10(11)3/h9,12-13H,4-8H2,1-3H3,(H,14,15). The van der Waals surface area contributed by atoms with E-state index in [4.69, 9.17) is 0 Å². The zero-order valence-electron chi connectivity index (χ0n) is 10.1.